The maximum absolute atomic E-state index is 12.4. The maximum Gasteiger partial charge on any atom is 0.270 e. The number of rotatable bonds is 7. The van der Waals surface area contributed by atoms with Gasteiger partial charge in [-0.2, -0.15) is 0 Å². The summed E-state index contributed by atoms with van der Waals surface area (Å²) in [6, 6.07) is 11.2. The van der Waals surface area contributed by atoms with Crippen molar-refractivity contribution in [1.29, 1.82) is 0 Å². The fraction of sp³-hybridized carbons (Fsp3) is 0.440. The van der Waals surface area contributed by atoms with Gasteiger partial charge < -0.3 is 10.1 Å². The Morgan fingerprint density at radius 3 is 2.27 bits per heavy atom. The van der Waals surface area contributed by atoms with E-state index in [0.29, 0.717) is 28.9 Å². The van der Waals surface area contributed by atoms with Crippen LogP contribution in [0.5, 0.6) is 5.75 Å². The van der Waals surface area contributed by atoms with Gasteiger partial charge in [-0.3, -0.25) is 9.78 Å². The average Bonchev–Trinajstić information content (AvgIpc) is 2.72. The fourth-order valence-electron chi connectivity index (χ4n) is 4.34. The molecule has 1 aromatic carbocycles. The average molecular weight is 423 g/mol. The number of amides is 1. The maximum atomic E-state index is 12.4. The molecule has 0 aliphatic heterocycles. The molecule has 1 N–H and O–H groups in total. The molecule has 4 nitrogen and oxygen atoms in total. The standard InChI is InChI=1S/C25H34N2O2Si/c1-18(2)30(19(3)4,20(5)6)15-13-21-11-12-23(29-7)16-22(21)17-27-25(28)24-10-8-9-14-26-24/h8-12,14,16,18-20H,17H2,1-7H3,(H,27,28). The van der Waals surface area contributed by atoms with Crippen LogP contribution in [0, 0.1) is 11.5 Å². The quantitative estimate of drug-likeness (QED) is 0.467. The molecule has 0 unspecified atom stereocenters. The summed E-state index contributed by atoms with van der Waals surface area (Å²) in [6.07, 6.45) is 1.62. The van der Waals surface area contributed by atoms with Gasteiger partial charge in [-0.25, -0.2) is 0 Å². The van der Waals surface area contributed by atoms with Crippen molar-refractivity contribution in [1.82, 2.24) is 10.3 Å². The van der Waals surface area contributed by atoms with Gasteiger partial charge in [-0.05, 0) is 52.5 Å². The van der Waals surface area contributed by atoms with Crippen molar-refractivity contribution < 1.29 is 9.53 Å². The second kappa shape index (κ2) is 10.4. The van der Waals surface area contributed by atoms with Gasteiger partial charge in [0.05, 0.1) is 7.11 Å². The van der Waals surface area contributed by atoms with Gasteiger partial charge in [-0.1, -0.05) is 53.5 Å². The molecule has 30 heavy (non-hydrogen) atoms. The molecule has 0 aliphatic rings. The first-order valence-corrected chi connectivity index (χ1v) is 12.8. The number of nitrogens with one attached hydrogen (secondary N) is 1. The van der Waals surface area contributed by atoms with Crippen LogP contribution in [0.15, 0.2) is 42.6 Å². The summed E-state index contributed by atoms with van der Waals surface area (Å²) in [5.74, 6) is 4.05. The normalized spacial score (nSPS) is 11.4. The molecular weight excluding hydrogens is 388 g/mol. The Balaban J connectivity index is 2.38. The van der Waals surface area contributed by atoms with E-state index in [1.54, 1.807) is 31.5 Å². The van der Waals surface area contributed by atoms with Crippen LogP contribution in [-0.4, -0.2) is 26.1 Å². The largest absolute Gasteiger partial charge is 0.497 e. The lowest BCUT2D eigenvalue weighted by atomic mass is 10.1. The van der Waals surface area contributed by atoms with Crippen LogP contribution < -0.4 is 10.1 Å². The SMILES string of the molecule is COc1ccc(C#C[Si](C(C)C)(C(C)C)C(C)C)c(CNC(=O)c2ccccn2)c1. The molecule has 5 heteroatoms. The van der Waals surface area contributed by atoms with E-state index in [4.69, 9.17) is 4.74 Å². The number of ether oxygens (including phenoxy) is 1. The van der Waals surface area contributed by atoms with E-state index in [0.717, 1.165) is 16.9 Å². The molecule has 0 spiro atoms. The van der Waals surface area contributed by atoms with Crippen molar-refractivity contribution in [2.75, 3.05) is 7.11 Å². The summed E-state index contributed by atoms with van der Waals surface area (Å²) in [6.45, 7) is 14.2. The number of carbonyl (C=O) groups excluding carboxylic acids is 1. The summed E-state index contributed by atoms with van der Waals surface area (Å²) in [5.41, 5.74) is 7.76. The molecule has 2 aromatic rings. The monoisotopic (exact) mass is 422 g/mol. The lowest BCUT2D eigenvalue weighted by Crippen LogP contribution is -2.43. The highest BCUT2D eigenvalue weighted by Crippen LogP contribution is 2.40. The van der Waals surface area contributed by atoms with Gasteiger partial charge in [0, 0.05) is 18.3 Å². The molecule has 0 aliphatic carbocycles. The number of hydrogen-bond donors (Lipinski definition) is 1. The molecule has 0 fully saturated rings. The highest BCUT2D eigenvalue weighted by molar-refractivity contribution is 6.90. The smallest absolute Gasteiger partial charge is 0.270 e. The van der Waals surface area contributed by atoms with Crippen LogP contribution in [-0.2, 0) is 6.54 Å². The van der Waals surface area contributed by atoms with E-state index < -0.39 is 8.07 Å². The Labute approximate surface area is 182 Å². The molecule has 0 saturated heterocycles. The van der Waals surface area contributed by atoms with Crippen molar-refractivity contribution >= 4 is 14.0 Å². The highest BCUT2D eigenvalue weighted by atomic mass is 28.3. The Hall–Kier alpha value is -2.58. The number of carbonyl (C=O) groups is 1. The van der Waals surface area contributed by atoms with E-state index in [1.807, 2.05) is 18.2 Å². The molecule has 2 rings (SSSR count). The zero-order valence-electron chi connectivity index (χ0n) is 19.2. The van der Waals surface area contributed by atoms with E-state index in [9.17, 15) is 4.79 Å². The van der Waals surface area contributed by atoms with Gasteiger partial charge in [0.25, 0.3) is 5.91 Å². The van der Waals surface area contributed by atoms with Crippen LogP contribution in [0.1, 0.15) is 63.2 Å². The topological polar surface area (TPSA) is 51.2 Å². The zero-order valence-corrected chi connectivity index (χ0v) is 20.2. The molecule has 0 atom stereocenters. The Morgan fingerprint density at radius 1 is 1.07 bits per heavy atom. The van der Waals surface area contributed by atoms with Gasteiger partial charge in [0.2, 0.25) is 0 Å². The van der Waals surface area contributed by atoms with Crippen molar-refractivity contribution in [3.05, 3.63) is 59.4 Å². The van der Waals surface area contributed by atoms with Crippen LogP contribution in [0.2, 0.25) is 16.6 Å². The summed E-state index contributed by atoms with van der Waals surface area (Å²) in [4.78, 5) is 16.5. The third-order valence-electron chi connectivity index (χ3n) is 5.93. The second-order valence-corrected chi connectivity index (χ2v) is 14.1. The minimum Gasteiger partial charge on any atom is -0.497 e. The predicted molar refractivity (Wildman–Crippen MR) is 126 cm³/mol. The van der Waals surface area contributed by atoms with Gasteiger partial charge in [0.1, 0.15) is 19.5 Å². The van der Waals surface area contributed by atoms with E-state index >= 15 is 0 Å². The molecule has 160 valence electrons. The van der Waals surface area contributed by atoms with Gasteiger partial charge in [-0.15, -0.1) is 5.54 Å². The number of aromatic nitrogens is 1. The van der Waals surface area contributed by atoms with Crippen molar-refractivity contribution in [2.45, 2.75) is 64.7 Å². The number of methoxy groups -OCH3 is 1. The molecule has 1 aromatic heterocycles. The molecule has 1 amide bonds. The first-order chi connectivity index (χ1) is 14.2. The Bertz CT molecular complexity index is 890. The van der Waals surface area contributed by atoms with Crippen LogP contribution >= 0.6 is 0 Å². The molecule has 0 radical (unpaired) electrons. The molecule has 0 saturated carbocycles. The Morgan fingerprint density at radius 2 is 1.73 bits per heavy atom. The number of hydrogen-bond acceptors (Lipinski definition) is 3. The van der Waals surface area contributed by atoms with Crippen molar-refractivity contribution in [3.8, 4) is 17.2 Å². The van der Waals surface area contributed by atoms with Gasteiger partial charge >= 0.3 is 0 Å². The van der Waals surface area contributed by atoms with Crippen molar-refractivity contribution in [2.24, 2.45) is 0 Å². The minimum atomic E-state index is -1.84. The summed E-state index contributed by atoms with van der Waals surface area (Å²) < 4.78 is 5.40. The van der Waals surface area contributed by atoms with Gasteiger partial charge in [0.15, 0.2) is 0 Å². The predicted octanol–water partition coefficient (Wildman–Crippen LogP) is 5.59. The fourth-order valence-corrected chi connectivity index (χ4v) is 9.55. The van der Waals surface area contributed by atoms with Crippen LogP contribution in [0.25, 0.3) is 0 Å². The highest BCUT2D eigenvalue weighted by Gasteiger charge is 2.41. The van der Waals surface area contributed by atoms with Crippen molar-refractivity contribution in [3.63, 3.8) is 0 Å². The van der Waals surface area contributed by atoms with E-state index in [1.165, 1.54) is 0 Å². The third-order valence-corrected chi connectivity index (χ3v) is 12.2. The zero-order chi connectivity index (χ0) is 22.3. The summed E-state index contributed by atoms with van der Waals surface area (Å²) in [7, 11) is -0.198. The first-order valence-electron chi connectivity index (χ1n) is 10.6. The second-order valence-electron chi connectivity index (χ2n) is 8.57. The van der Waals surface area contributed by atoms with E-state index in [2.05, 4.69) is 63.3 Å². The molecule has 0 bridgehead atoms. The lowest BCUT2D eigenvalue weighted by Gasteiger charge is -2.38. The summed E-state index contributed by atoms with van der Waals surface area (Å²) >= 11 is 0. The minimum absolute atomic E-state index is 0.201. The van der Waals surface area contributed by atoms with Crippen LogP contribution in [0.4, 0.5) is 0 Å². The number of pyridine rings is 1. The first kappa shape index (κ1) is 23.7. The van der Waals surface area contributed by atoms with E-state index in [-0.39, 0.29) is 5.91 Å². The van der Waals surface area contributed by atoms with Crippen LogP contribution in [0.3, 0.4) is 0 Å². The molecule has 1 heterocycles. The summed E-state index contributed by atoms with van der Waals surface area (Å²) in [5, 5.41) is 2.96. The molecular formula is C25H34N2O2Si. The number of nitrogens with zero attached hydrogens (tertiary/aromatic N) is 1. The third kappa shape index (κ3) is 5.31. The Kier molecular flexibility index (Phi) is 8.25. The number of benzene rings is 1. The lowest BCUT2D eigenvalue weighted by molar-refractivity contribution is 0.0946.